The molecule has 1 N–H and O–H groups in total. The molecule has 23 heavy (non-hydrogen) atoms. The number of nitrogens with zero attached hydrogens (tertiary/aromatic N) is 1. The SMILES string of the molecule is CCN1CCc2c(sc(NC(=O)c3ccco3)c2C(=O)OC)C1. The summed E-state index contributed by atoms with van der Waals surface area (Å²) in [6.07, 6.45) is 2.22. The Morgan fingerprint density at radius 2 is 2.30 bits per heavy atom. The third-order valence-electron chi connectivity index (χ3n) is 3.94. The van der Waals surface area contributed by atoms with Crippen LogP contribution in [0.2, 0.25) is 0 Å². The lowest BCUT2D eigenvalue weighted by Crippen LogP contribution is -2.29. The van der Waals surface area contributed by atoms with Gasteiger partial charge in [-0.15, -0.1) is 11.3 Å². The van der Waals surface area contributed by atoms with Crippen molar-refractivity contribution in [1.29, 1.82) is 0 Å². The first-order valence-electron chi connectivity index (χ1n) is 7.44. The van der Waals surface area contributed by atoms with Crippen LogP contribution in [-0.4, -0.2) is 37.0 Å². The van der Waals surface area contributed by atoms with E-state index in [1.54, 1.807) is 12.1 Å². The molecule has 2 aromatic rings. The number of amides is 1. The summed E-state index contributed by atoms with van der Waals surface area (Å²) in [7, 11) is 1.35. The number of hydrogen-bond donors (Lipinski definition) is 1. The van der Waals surface area contributed by atoms with Crippen LogP contribution in [0.25, 0.3) is 0 Å². The van der Waals surface area contributed by atoms with Crippen molar-refractivity contribution < 1.29 is 18.7 Å². The molecule has 0 fully saturated rings. The van der Waals surface area contributed by atoms with Crippen LogP contribution in [0.5, 0.6) is 0 Å². The zero-order valence-electron chi connectivity index (χ0n) is 13.0. The van der Waals surface area contributed by atoms with Gasteiger partial charge in [-0.3, -0.25) is 9.69 Å². The van der Waals surface area contributed by atoms with E-state index in [4.69, 9.17) is 9.15 Å². The quantitative estimate of drug-likeness (QED) is 0.871. The minimum Gasteiger partial charge on any atom is -0.465 e. The maximum Gasteiger partial charge on any atom is 0.341 e. The van der Waals surface area contributed by atoms with Gasteiger partial charge in [0.25, 0.3) is 5.91 Å². The molecule has 3 rings (SSSR count). The Hall–Kier alpha value is -2.12. The molecule has 2 aromatic heterocycles. The Balaban J connectivity index is 1.94. The second kappa shape index (κ2) is 6.55. The number of ether oxygens (including phenoxy) is 1. The number of nitrogens with one attached hydrogen (secondary N) is 1. The number of fused-ring (bicyclic) bond motifs is 1. The van der Waals surface area contributed by atoms with Crippen LogP contribution in [-0.2, 0) is 17.7 Å². The summed E-state index contributed by atoms with van der Waals surface area (Å²) in [6, 6.07) is 3.23. The maximum atomic E-state index is 12.2. The highest BCUT2D eigenvalue weighted by atomic mass is 32.1. The second-order valence-corrected chi connectivity index (χ2v) is 6.35. The molecule has 7 heteroatoms. The van der Waals surface area contributed by atoms with Crippen molar-refractivity contribution >= 4 is 28.2 Å². The third-order valence-corrected chi connectivity index (χ3v) is 5.08. The monoisotopic (exact) mass is 334 g/mol. The lowest BCUT2D eigenvalue weighted by Gasteiger charge is -2.25. The average Bonchev–Trinajstić information content (AvgIpc) is 3.20. The van der Waals surface area contributed by atoms with Crippen LogP contribution in [0.1, 0.15) is 38.3 Å². The van der Waals surface area contributed by atoms with E-state index in [-0.39, 0.29) is 11.7 Å². The second-order valence-electron chi connectivity index (χ2n) is 5.25. The molecule has 1 aliphatic rings. The van der Waals surface area contributed by atoms with Crippen molar-refractivity contribution in [2.24, 2.45) is 0 Å². The number of anilines is 1. The number of furan rings is 1. The lowest BCUT2D eigenvalue weighted by molar-refractivity contribution is 0.0600. The van der Waals surface area contributed by atoms with Gasteiger partial charge in [-0.25, -0.2) is 4.79 Å². The zero-order valence-corrected chi connectivity index (χ0v) is 13.9. The minimum atomic E-state index is -0.415. The van der Waals surface area contributed by atoms with Gasteiger partial charge in [-0.1, -0.05) is 6.92 Å². The molecule has 0 aliphatic carbocycles. The molecule has 0 radical (unpaired) electrons. The van der Waals surface area contributed by atoms with Crippen molar-refractivity contribution in [3.05, 3.63) is 40.2 Å². The van der Waals surface area contributed by atoms with Gasteiger partial charge in [0.05, 0.1) is 18.9 Å². The third kappa shape index (κ3) is 3.02. The molecule has 1 amide bonds. The van der Waals surface area contributed by atoms with Gasteiger partial charge in [0.1, 0.15) is 5.00 Å². The fourth-order valence-corrected chi connectivity index (χ4v) is 3.98. The minimum absolute atomic E-state index is 0.211. The van der Waals surface area contributed by atoms with E-state index in [9.17, 15) is 9.59 Å². The molecule has 0 bridgehead atoms. The van der Waals surface area contributed by atoms with Crippen LogP contribution < -0.4 is 5.32 Å². The van der Waals surface area contributed by atoms with Gasteiger partial charge < -0.3 is 14.5 Å². The number of hydrogen-bond acceptors (Lipinski definition) is 6. The summed E-state index contributed by atoms with van der Waals surface area (Å²) < 4.78 is 10.0. The van der Waals surface area contributed by atoms with Crippen molar-refractivity contribution in [2.45, 2.75) is 19.9 Å². The van der Waals surface area contributed by atoms with Crippen molar-refractivity contribution in [3.63, 3.8) is 0 Å². The number of carbonyl (C=O) groups excluding carboxylic acids is 2. The Morgan fingerprint density at radius 1 is 1.48 bits per heavy atom. The topological polar surface area (TPSA) is 71.8 Å². The first-order chi connectivity index (χ1) is 11.1. The Labute approximate surface area is 138 Å². The number of methoxy groups -OCH3 is 1. The molecule has 0 saturated heterocycles. The molecule has 1 aliphatic heterocycles. The van der Waals surface area contributed by atoms with E-state index in [0.29, 0.717) is 10.6 Å². The Bertz CT molecular complexity index is 721. The fourth-order valence-electron chi connectivity index (χ4n) is 2.70. The van der Waals surface area contributed by atoms with Crippen molar-refractivity contribution in [1.82, 2.24) is 4.90 Å². The predicted molar refractivity (Wildman–Crippen MR) is 87.0 cm³/mol. The van der Waals surface area contributed by atoms with E-state index in [0.717, 1.165) is 36.5 Å². The first-order valence-corrected chi connectivity index (χ1v) is 8.25. The molecule has 6 nitrogen and oxygen atoms in total. The molecular formula is C16H18N2O4S. The van der Waals surface area contributed by atoms with E-state index < -0.39 is 5.97 Å². The van der Waals surface area contributed by atoms with Gasteiger partial charge in [-0.2, -0.15) is 0 Å². The molecule has 122 valence electrons. The van der Waals surface area contributed by atoms with Crippen LogP contribution >= 0.6 is 11.3 Å². The van der Waals surface area contributed by atoms with Gasteiger partial charge in [0, 0.05) is 18.0 Å². The van der Waals surface area contributed by atoms with E-state index >= 15 is 0 Å². The smallest absolute Gasteiger partial charge is 0.341 e. The fraction of sp³-hybridized carbons (Fsp3) is 0.375. The molecule has 0 atom stereocenters. The summed E-state index contributed by atoms with van der Waals surface area (Å²) in [5.41, 5.74) is 1.46. The Kier molecular flexibility index (Phi) is 4.49. The lowest BCUT2D eigenvalue weighted by atomic mass is 10.0. The van der Waals surface area contributed by atoms with E-state index in [1.807, 2.05) is 0 Å². The largest absolute Gasteiger partial charge is 0.465 e. The summed E-state index contributed by atoms with van der Waals surface area (Å²) in [4.78, 5) is 27.8. The molecule has 0 spiro atoms. The number of rotatable bonds is 4. The van der Waals surface area contributed by atoms with Crippen molar-refractivity contribution in [2.75, 3.05) is 25.5 Å². The van der Waals surface area contributed by atoms with Gasteiger partial charge in [0.2, 0.25) is 0 Å². The number of thiophene rings is 1. The molecule has 0 unspecified atom stereocenters. The summed E-state index contributed by atoms with van der Waals surface area (Å²) in [5.74, 6) is -0.573. The van der Waals surface area contributed by atoms with Crippen LogP contribution in [0, 0.1) is 0 Å². The summed E-state index contributed by atoms with van der Waals surface area (Å²) in [6.45, 7) is 4.76. The molecule has 0 aromatic carbocycles. The first kappa shape index (κ1) is 15.8. The molecule has 3 heterocycles. The highest BCUT2D eigenvalue weighted by molar-refractivity contribution is 7.17. The molecule has 0 saturated carbocycles. The van der Waals surface area contributed by atoms with Crippen LogP contribution in [0.4, 0.5) is 5.00 Å². The van der Waals surface area contributed by atoms with E-state index in [2.05, 4.69) is 17.1 Å². The highest BCUT2D eigenvalue weighted by Gasteiger charge is 2.29. The standard InChI is InChI=1S/C16H18N2O4S/c1-3-18-7-6-10-12(9-18)23-15(13(10)16(20)21-2)17-14(19)11-5-4-8-22-11/h4-5,8H,3,6-7,9H2,1-2H3,(H,17,19). The zero-order chi connectivity index (χ0) is 16.4. The van der Waals surface area contributed by atoms with Gasteiger partial charge in [0.15, 0.2) is 5.76 Å². The highest BCUT2D eigenvalue weighted by Crippen LogP contribution is 2.37. The summed E-state index contributed by atoms with van der Waals surface area (Å²) in [5, 5.41) is 3.31. The number of esters is 1. The summed E-state index contributed by atoms with van der Waals surface area (Å²) >= 11 is 1.43. The van der Waals surface area contributed by atoms with Crippen molar-refractivity contribution in [3.8, 4) is 0 Å². The predicted octanol–water partition coefficient (Wildman–Crippen LogP) is 2.76. The van der Waals surface area contributed by atoms with Gasteiger partial charge in [-0.05, 0) is 30.7 Å². The normalized spacial score (nSPS) is 14.3. The molecular weight excluding hydrogens is 316 g/mol. The maximum absolute atomic E-state index is 12.2. The number of likely N-dealkylation sites (N-methyl/N-ethyl adjacent to an activating group) is 1. The van der Waals surface area contributed by atoms with Gasteiger partial charge >= 0.3 is 5.97 Å². The number of carbonyl (C=O) groups is 2. The average molecular weight is 334 g/mol. The van der Waals surface area contributed by atoms with Crippen LogP contribution in [0.3, 0.4) is 0 Å². The van der Waals surface area contributed by atoms with E-state index in [1.165, 1.54) is 24.7 Å². The van der Waals surface area contributed by atoms with Crippen LogP contribution in [0.15, 0.2) is 22.8 Å². The Morgan fingerprint density at radius 3 is 2.96 bits per heavy atom.